The van der Waals surface area contributed by atoms with Gasteiger partial charge in [0.25, 0.3) is 5.91 Å². The Morgan fingerprint density at radius 1 is 1.32 bits per heavy atom. The number of urea groups is 1. The first-order valence-electron chi connectivity index (χ1n) is 7.29. The molecule has 1 atom stereocenters. The Morgan fingerprint density at radius 3 is 2.64 bits per heavy atom. The second-order valence-electron chi connectivity index (χ2n) is 5.64. The number of carbonyl (C=O) groups is 3. The first kappa shape index (κ1) is 14.5. The highest BCUT2D eigenvalue weighted by atomic mass is 16.4. The van der Waals surface area contributed by atoms with Crippen molar-refractivity contribution in [3.63, 3.8) is 0 Å². The monoisotopic (exact) mass is 307 g/mol. The molecule has 0 aromatic carbocycles. The molecule has 1 aliphatic carbocycles. The summed E-state index contributed by atoms with van der Waals surface area (Å²) < 4.78 is 1.31. The molecule has 1 saturated heterocycles. The van der Waals surface area contributed by atoms with Gasteiger partial charge in [0, 0.05) is 12.3 Å². The fourth-order valence-corrected chi connectivity index (χ4v) is 2.94. The van der Waals surface area contributed by atoms with Crippen molar-refractivity contribution in [2.24, 2.45) is 0 Å². The molecule has 0 bridgehead atoms. The number of imide groups is 1. The number of hydrogen-bond acceptors (Lipinski definition) is 5. The van der Waals surface area contributed by atoms with Gasteiger partial charge in [-0.05, 0) is 12.8 Å². The van der Waals surface area contributed by atoms with Crippen molar-refractivity contribution in [1.82, 2.24) is 25.4 Å². The van der Waals surface area contributed by atoms with Crippen LogP contribution < -0.4 is 10.6 Å². The average Bonchev–Trinajstić information content (AvgIpc) is 3.12. The van der Waals surface area contributed by atoms with Gasteiger partial charge in [0.1, 0.15) is 18.4 Å². The van der Waals surface area contributed by atoms with E-state index in [9.17, 15) is 14.4 Å². The van der Waals surface area contributed by atoms with Gasteiger partial charge in [-0.1, -0.05) is 12.8 Å². The van der Waals surface area contributed by atoms with Gasteiger partial charge in [-0.2, -0.15) is 5.10 Å². The summed E-state index contributed by atoms with van der Waals surface area (Å²) in [6.45, 7) is -0.308. The number of carbonyl (C=O) groups excluding carboxylic acids is 2. The minimum atomic E-state index is -1.02. The third kappa shape index (κ3) is 2.92. The Hall–Kier alpha value is -2.45. The Labute approximate surface area is 126 Å². The zero-order valence-electron chi connectivity index (χ0n) is 11.9. The molecule has 2 heterocycles. The summed E-state index contributed by atoms with van der Waals surface area (Å²) >= 11 is 0. The molecule has 1 aliphatic heterocycles. The van der Waals surface area contributed by atoms with Crippen LogP contribution in [0.25, 0.3) is 0 Å². The van der Waals surface area contributed by atoms with Gasteiger partial charge >= 0.3 is 12.0 Å². The number of aliphatic carboxylic acids is 1. The predicted octanol–water partition coefficient (Wildman–Crippen LogP) is -0.229. The van der Waals surface area contributed by atoms with Crippen LogP contribution in [0.3, 0.4) is 0 Å². The number of carboxylic acid groups (broad SMARTS) is 1. The Balaban J connectivity index is 1.82. The van der Waals surface area contributed by atoms with Gasteiger partial charge < -0.3 is 10.4 Å². The van der Waals surface area contributed by atoms with Crippen LogP contribution in [0.1, 0.15) is 43.3 Å². The molecule has 3 N–H and O–H groups in total. The Bertz CT molecular complexity index is 620. The summed E-state index contributed by atoms with van der Waals surface area (Å²) in [5.74, 6) is -0.160. The van der Waals surface area contributed by atoms with Crippen LogP contribution in [-0.2, 0) is 22.6 Å². The lowest BCUT2D eigenvalue weighted by molar-refractivity contribution is -0.138. The number of carboxylic acids is 1. The van der Waals surface area contributed by atoms with Crippen molar-refractivity contribution >= 4 is 17.9 Å². The van der Waals surface area contributed by atoms with Crippen LogP contribution in [0.2, 0.25) is 0 Å². The number of rotatable bonds is 5. The minimum Gasteiger partial charge on any atom is -0.480 e. The molecular weight excluding hydrogens is 290 g/mol. The third-order valence-electron chi connectivity index (χ3n) is 4.02. The normalized spacial score (nSPS) is 21.9. The maximum atomic E-state index is 11.6. The quantitative estimate of drug-likeness (QED) is 0.645. The SMILES string of the molecule is O=C(O)Cn1nc(C2CCCC2)nc1C[C@@H]1NC(=O)NC1=O. The lowest BCUT2D eigenvalue weighted by Gasteiger charge is -2.07. The van der Waals surface area contributed by atoms with Gasteiger partial charge in [0.15, 0.2) is 5.82 Å². The Morgan fingerprint density at radius 2 is 2.05 bits per heavy atom. The van der Waals surface area contributed by atoms with E-state index in [4.69, 9.17) is 5.11 Å². The fraction of sp³-hybridized carbons (Fsp3) is 0.615. The number of amides is 3. The van der Waals surface area contributed by atoms with Crippen LogP contribution in [0.4, 0.5) is 4.79 Å². The van der Waals surface area contributed by atoms with Crippen molar-refractivity contribution in [2.75, 3.05) is 0 Å². The van der Waals surface area contributed by atoms with Crippen molar-refractivity contribution < 1.29 is 19.5 Å². The van der Waals surface area contributed by atoms with E-state index in [1.165, 1.54) is 4.68 Å². The highest BCUT2D eigenvalue weighted by Gasteiger charge is 2.32. The summed E-state index contributed by atoms with van der Waals surface area (Å²) in [6.07, 6.45) is 4.36. The molecule has 9 heteroatoms. The van der Waals surface area contributed by atoms with Crippen LogP contribution in [0, 0.1) is 0 Å². The lowest BCUT2D eigenvalue weighted by Crippen LogP contribution is -2.32. The molecular formula is C13H17N5O4. The number of aromatic nitrogens is 3. The largest absolute Gasteiger partial charge is 0.480 e. The molecule has 9 nitrogen and oxygen atoms in total. The summed E-state index contributed by atoms with van der Waals surface area (Å²) in [4.78, 5) is 38.2. The molecule has 1 aromatic heterocycles. The smallest absolute Gasteiger partial charge is 0.325 e. The predicted molar refractivity (Wildman–Crippen MR) is 73.0 cm³/mol. The van der Waals surface area contributed by atoms with E-state index in [1.54, 1.807) is 0 Å². The van der Waals surface area contributed by atoms with Crippen LogP contribution in [-0.4, -0.2) is 43.8 Å². The topological polar surface area (TPSA) is 126 Å². The van der Waals surface area contributed by atoms with Gasteiger partial charge in [0.2, 0.25) is 0 Å². The standard InChI is InChI=1S/C13H17N5O4/c19-10(20)6-18-9(5-8-12(21)16-13(22)14-8)15-11(17-18)7-3-1-2-4-7/h7-8H,1-6H2,(H,19,20)(H2,14,16,21,22)/t8-/m0/s1. The maximum absolute atomic E-state index is 11.6. The average molecular weight is 307 g/mol. The Kier molecular flexibility index (Phi) is 3.78. The highest BCUT2D eigenvalue weighted by molar-refractivity contribution is 6.04. The van der Waals surface area contributed by atoms with Gasteiger partial charge in [-0.25, -0.2) is 14.5 Å². The van der Waals surface area contributed by atoms with Crippen molar-refractivity contribution in [3.8, 4) is 0 Å². The first-order valence-corrected chi connectivity index (χ1v) is 7.29. The van der Waals surface area contributed by atoms with Crippen LogP contribution in [0.5, 0.6) is 0 Å². The van der Waals surface area contributed by atoms with Gasteiger partial charge in [-0.15, -0.1) is 0 Å². The van der Waals surface area contributed by atoms with E-state index in [0.29, 0.717) is 11.6 Å². The van der Waals surface area contributed by atoms with E-state index in [1.807, 2.05) is 0 Å². The molecule has 3 rings (SSSR count). The van der Waals surface area contributed by atoms with Gasteiger partial charge in [-0.3, -0.25) is 14.9 Å². The van der Waals surface area contributed by atoms with E-state index in [-0.39, 0.29) is 18.9 Å². The van der Waals surface area contributed by atoms with Crippen molar-refractivity contribution in [2.45, 2.75) is 50.6 Å². The molecule has 0 spiro atoms. The summed E-state index contributed by atoms with van der Waals surface area (Å²) in [6, 6.07) is -1.28. The second-order valence-corrected chi connectivity index (χ2v) is 5.64. The van der Waals surface area contributed by atoms with E-state index in [0.717, 1.165) is 25.7 Å². The highest BCUT2D eigenvalue weighted by Crippen LogP contribution is 2.32. The summed E-state index contributed by atoms with van der Waals surface area (Å²) in [5, 5.41) is 17.9. The summed E-state index contributed by atoms with van der Waals surface area (Å²) in [7, 11) is 0. The van der Waals surface area contributed by atoms with Gasteiger partial charge in [0.05, 0.1) is 0 Å². The van der Waals surface area contributed by atoms with E-state index in [2.05, 4.69) is 20.7 Å². The minimum absolute atomic E-state index is 0.130. The molecule has 1 saturated carbocycles. The molecule has 118 valence electrons. The second kappa shape index (κ2) is 5.74. The molecule has 0 radical (unpaired) electrons. The van der Waals surface area contributed by atoms with Crippen molar-refractivity contribution in [3.05, 3.63) is 11.6 Å². The van der Waals surface area contributed by atoms with Crippen LogP contribution in [0.15, 0.2) is 0 Å². The molecule has 2 fully saturated rings. The van der Waals surface area contributed by atoms with Crippen LogP contribution >= 0.6 is 0 Å². The fourth-order valence-electron chi connectivity index (χ4n) is 2.94. The number of hydrogen-bond donors (Lipinski definition) is 3. The van der Waals surface area contributed by atoms with E-state index >= 15 is 0 Å². The zero-order valence-corrected chi connectivity index (χ0v) is 11.9. The third-order valence-corrected chi connectivity index (χ3v) is 4.02. The molecule has 3 amide bonds. The molecule has 1 aromatic rings. The molecule has 22 heavy (non-hydrogen) atoms. The number of nitrogens with one attached hydrogen (secondary N) is 2. The van der Waals surface area contributed by atoms with Crippen molar-refractivity contribution in [1.29, 1.82) is 0 Å². The molecule has 0 unspecified atom stereocenters. The lowest BCUT2D eigenvalue weighted by atomic mass is 10.1. The summed E-state index contributed by atoms with van der Waals surface area (Å²) in [5.41, 5.74) is 0. The zero-order chi connectivity index (χ0) is 15.7. The number of nitrogens with zero attached hydrogens (tertiary/aromatic N) is 3. The molecule has 2 aliphatic rings. The first-order chi connectivity index (χ1) is 10.5. The maximum Gasteiger partial charge on any atom is 0.325 e. The van der Waals surface area contributed by atoms with E-state index < -0.39 is 23.9 Å².